The summed E-state index contributed by atoms with van der Waals surface area (Å²) >= 11 is 0. The van der Waals surface area contributed by atoms with Crippen LogP contribution in [0.3, 0.4) is 0 Å². The number of carbonyl (C=O) groups excluding carboxylic acids is 1. The van der Waals surface area contributed by atoms with E-state index in [4.69, 9.17) is 4.74 Å². The summed E-state index contributed by atoms with van der Waals surface area (Å²) in [5.74, 6) is 0.653. The molecule has 28 heavy (non-hydrogen) atoms. The molecule has 0 aliphatic carbocycles. The Labute approximate surface area is 164 Å². The number of rotatable bonds is 4. The van der Waals surface area contributed by atoms with Crippen molar-refractivity contribution < 1.29 is 13.9 Å². The first-order valence-electron chi connectivity index (χ1n) is 9.77. The zero-order valence-electron chi connectivity index (χ0n) is 16.6. The summed E-state index contributed by atoms with van der Waals surface area (Å²) in [6.07, 6.45) is 5.08. The summed E-state index contributed by atoms with van der Waals surface area (Å²) < 4.78 is 22.0. The fourth-order valence-corrected chi connectivity index (χ4v) is 4.31. The fourth-order valence-electron chi connectivity index (χ4n) is 4.31. The van der Waals surface area contributed by atoms with Crippen molar-refractivity contribution >= 4 is 5.91 Å². The molecule has 2 saturated heterocycles. The molecule has 2 fully saturated rings. The molecule has 4 rings (SSSR count). The van der Waals surface area contributed by atoms with E-state index in [1.54, 1.807) is 31.3 Å². The molecule has 2 aliphatic rings. The minimum absolute atomic E-state index is 0.0574. The average molecular weight is 386 g/mol. The summed E-state index contributed by atoms with van der Waals surface area (Å²) in [5, 5.41) is 0. The lowest BCUT2D eigenvalue weighted by atomic mass is 10.1. The zero-order valence-corrected chi connectivity index (χ0v) is 16.6. The lowest BCUT2D eigenvalue weighted by Gasteiger charge is -2.35. The molecule has 7 heteroatoms. The van der Waals surface area contributed by atoms with Crippen LogP contribution in [-0.4, -0.2) is 71.2 Å². The highest BCUT2D eigenvalue weighted by Gasteiger charge is 2.39. The molecule has 1 amide bonds. The topological polar surface area (TPSA) is 50.6 Å². The van der Waals surface area contributed by atoms with Crippen molar-refractivity contribution in [3.8, 4) is 11.4 Å². The Balaban J connectivity index is 1.48. The molecular weight excluding hydrogens is 359 g/mol. The van der Waals surface area contributed by atoms with Crippen LogP contribution in [0.25, 0.3) is 11.4 Å². The number of imidazole rings is 1. The van der Waals surface area contributed by atoms with Crippen LogP contribution in [0.1, 0.15) is 24.4 Å². The Morgan fingerprint density at radius 1 is 1.29 bits per heavy atom. The van der Waals surface area contributed by atoms with Crippen LogP contribution in [-0.2, 0) is 9.53 Å². The largest absolute Gasteiger partial charge is 0.375 e. The Morgan fingerprint density at radius 3 is 2.86 bits per heavy atom. The highest BCUT2D eigenvalue weighted by Crippen LogP contribution is 2.34. The molecule has 3 heterocycles. The molecule has 150 valence electrons. The molecule has 1 aromatic heterocycles. The van der Waals surface area contributed by atoms with Crippen molar-refractivity contribution in [2.75, 3.05) is 33.8 Å². The van der Waals surface area contributed by atoms with Gasteiger partial charge in [-0.3, -0.25) is 9.69 Å². The maximum atomic E-state index is 13.9. The monoisotopic (exact) mass is 386 g/mol. The van der Waals surface area contributed by atoms with E-state index in [-0.39, 0.29) is 23.9 Å². The van der Waals surface area contributed by atoms with E-state index in [2.05, 4.69) is 14.5 Å². The summed E-state index contributed by atoms with van der Waals surface area (Å²) in [6.45, 7) is 4.19. The number of amides is 1. The van der Waals surface area contributed by atoms with Crippen LogP contribution in [0, 0.1) is 12.7 Å². The number of carbonyl (C=O) groups is 1. The normalized spacial score (nSPS) is 24.9. The molecule has 1 aromatic carbocycles. The second kappa shape index (κ2) is 7.64. The first-order chi connectivity index (χ1) is 13.4. The van der Waals surface area contributed by atoms with Gasteiger partial charge < -0.3 is 14.2 Å². The summed E-state index contributed by atoms with van der Waals surface area (Å²) in [5.41, 5.74) is 1.69. The van der Waals surface area contributed by atoms with Crippen molar-refractivity contribution in [3.05, 3.63) is 42.0 Å². The van der Waals surface area contributed by atoms with Crippen molar-refractivity contribution in [2.45, 2.75) is 38.0 Å². The quantitative estimate of drug-likeness (QED) is 0.810. The summed E-state index contributed by atoms with van der Waals surface area (Å²) in [6, 6.07) is 5.65. The number of aryl methyl sites for hydroxylation is 1. The van der Waals surface area contributed by atoms with Crippen LogP contribution >= 0.6 is 0 Å². The summed E-state index contributed by atoms with van der Waals surface area (Å²) in [7, 11) is 3.54. The number of fused-ring (bicyclic) bond motifs is 1. The van der Waals surface area contributed by atoms with Crippen molar-refractivity contribution in [2.24, 2.45) is 0 Å². The van der Waals surface area contributed by atoms with Gasteiger partial charge in [0.05, 0.1) is 19.1 Å². The molecule has 3 atom stereocenters. The molecule has 0 spiro atoms. The lowest BCUT2D eigenvalue weighted by molar-refractivity contribution is -0.134. The molecule has 6 nitrogen and oxygen atoms in total. The predicted octanol–water partition coefficient (Wildman–Crippen LogP) is 2.49. The van der Waals surface area contributed by atoms with Gasteiger partial charge in [0.25, 0.3) is 0 Å². The van der Waals surface area contributed by atoms with E-state index < -0.39 is 0 Å². The van der Waals surface area contributed by atoms with E-state index in [1.165, 1.54) is 6.07 Å². The molecule has 0 unspecified atom stereocenters. The van der Waals surface area contributed by atoms with Crippen molar-refractivity contribution in [3.63, 3.8) is 0 Å². The second-order valence-corrected chi connectivity index (χ2v) is 8.12. The minimum atomic E-state index is -0.241. The number of halogens is 1. The van der Waals surface area contributed by atoms with Gasteiger partial charge in [-0.15, -0.1) is 0 Å². The van der Waals surface area contributed by atoms with Crippen LogP contribution in [0.15, 0.2) is 30.6 Å². The van der Waals surface area contributed by atoms with Crippen molar-refractivity contribution in [1.82, 2.24) is 19.4 Å². The molecule has 0 saturated carbocycles. The van der Waals surface area contributed by atoms with Gasteiger partial charge in [-0.1, -0.05) is 0 Å². The van der Waals surface area contributed by atoms with E-state index in [0.717, 1.165) is 36.5 Å². The number of hydrogen-bond acceptors (Lipinski definition) is 4. The smallest absolute Gasteiger partial charge is 0.224 e. The Bertz CT molecular complexity index is 846. The maximum absolute atomic E-state index is 13.9. The molecule has 2 aromatic rings. The van der Waals surface area contributed by atoms with Crippen LogP contribution in [0.2, 0.25) is 0 Å². The standard InChI is InChI=1S/C21H27FN4O2/c1-14-6-15(8-16(22)7-14)21-23-4-5-26(21)17-9-18-13-28-19(12-25(18)11-17)10-20(27)24(2)3/h4-8,17-19H,9-13H2,1-3H3/t17-,18+,19+/m1/s1. The number of benzene rings is 1. The SMILES string of the molecule is Cc1cc(F)cc(-c2nccn2[C@@H]2C[C@H]3CO[C@@H](CC(=O)N(C)C)CN3C2)c1. The van der Waals surface area contributed by atoms with Gasteiger partial charge in [-0.2, -0.15) is 0 Å². The first-order valence-corrected chi connectivity index (χ1v) is 9.77. The van der Waals surface area contributed by atoms with Gasteiger partial charge in [0.2, 0.25) is 5.91 Å². The number of ether oxygens (including phenoxy) is 1. The van der Waals surface area contributed by atoms with Gasteiger partial charge in [0.15, 0.2) is 0 Å². The Hall–Kier alpha value is -2.25. The van der Waals surface area contributed by atoms with Gasteiger partial charge in [-0.25, -0.2) is 9.37 Å². The minimum Gasteiger partial charge on any atom is -0.375 e. The highest BCUT2D eigenvalue weighted by molar-refractivity contribution is 5.76. The van der Waals surface area contributed by atoms with Gasteiger partial charge >= 0.3 is 0 Å². The Kier molecular flexibility index (Phi) is 5.21. The number of morpholine rings is 1. The van der Waals surface area contributed by atoms with E-state index >= 15 is 0 Å². The molecular formula is C21H27FN4O2. The molecule has 0 radical (unpaired) electrons. The van der Waals surface area contributed by atoms with Crippen LogP contribution in [0.4, 0.5) is 4.39 Å². The highest BCUT2D eigenvalue weighted by atomic mass is 19.1. The molecule has 0 bridgehead atoms. The third-order valence-corrected chi connectivity index (χ3v) is 5.73. The summed E-state index contributed by atoms with van der Waals surface area (Å²) in [4.78, 5) is 20.5. The third kappa shape index (κ3) is 3.82. The predicted molar refractivity (Wildman–Crippen MR) is 104 cm³/mol. The van der Waals surface area contributed by atoms with Gasteiger partial charge in [0, 0.05) is 57.2 Å². The number of aromatic nitrogens is 2. The fraction of sp³-hybridized carbons (Fsp3) is 0.524. The Morgan fingerprint density at radius 2 is 2.11 bits per heavy atom. The number of hydrogen-bond donors (Lipinski definition) is 0. The van der Waals surface area contributed by atoms with Gasteiger partial charge in [-0.05, 0) is 37.1 Å². The maximum Gasteiger partial charge on any atom is 0.224 e. The van der Waals surface area contributed by atoms with E-state index in [9.17, 15) is 9.18 Å². The van der Waals surface area contributed by atoms with Crippen LogP contribution in [0.5, 0.6) is 0 Å². The second-order valence-electron chi connectivity index (χ2n) is 8.12. The van der Waals surface area contributed by atoms with Crippen molar-refractivity contribution in [1.29, 1.82) is 0 Å². The average Bonchev–Trinajstić information content (AvgIpc) is 3.27. The zero-order chi connectivity index (χ0) is 19.8. The molecule has 2 aliphatic heterocycles. The van der Waals surface area contributed by atoms with Gasteiger partial charge in [0.1, 0.15) is 11.6 Å². The number of nitrogens with zero attached hydrogens (tertiary/aromatic N) is 4. The lowest BCUT2D eigenvalue weighted by Crippen LogP contribution is -2.47. The van der Waals surface area contributed by atoms with Crippen LogP contribution < -0.4 is 0 Å². The third-order valence-electron chi connectivity index (χ3n) is 5.73. The van der Waals surface area contributed by atoms with E-state index in [1.807, 2.05) is 19.2 Å². The first kappa shape index (κ1) is 19.1. The van der Waals surface area contributed by atoms with E-state index in [0.29, 0.717) is 19.1 Å². The molecule has 0 N–H and O–H groups in total.